The Hall–Kier alpha value is -2.93. The lowest BCUT2D eigenvalue weighted by Crippen LogP contribution is -2.13. The second-order valence-corrected chi connectivity index (χ2v) is 7.25. The summed E-state index contributed by atoms with van der Waals surface area (Å²) in [6.45, 7) is 7.37. The molecule has 3 aromatic rings. The van der Waals surface area contributed by atoms with Crippen LogP contribution in [0.15, 0.2) is 28.7 Å². The number of rotatable bonds is 4. The minimum Gasteiger partial charge on any atom is -0.465 e. The summed E-state index contributed by atoms with van der Waals surface area (Å²) in [5.74, 6) is 0.711. The van der Waals surface area contributed by atoms with Gasteiger partial charge in [0.05, 0.1) is 18.4 Å². The molecule has 7 heteroatoms. The molecule has 0 radical (unpaired) electrons. The zero-order valence-corrected chi connectivity index (χ0v) is 16.6. The standard InChI is InChI=1S/C20H20N2O4S/c1-10-8-14(9-15(12(10)3)20(24)25-5)22-18(23)17-13(4)21-19(27-17)16-7-6-11(2)26-16/h6-9H,1-5H3,(H,22,23). The maximum Gasteiger partial charge on any atom is 0.338 e. The summed E-state index contributed by atoms with van der Waals surface area (Å²) in [4.78, 5) is 29.6. The van der Waals surface area contributed by atoms with Gasteiger partial charge in [0.15, 0.2) is 10.8 Å². The average Bonchev–Trinajstić information content (AvgIpc) is 3.23. The van der Waals surface area contributed by atoms with Crippen molar-refractivity contribution in [1.29, 1.82) is 0 Å². The van der Waals surface area contributed by atoms with E-state index in [1.165, 1.54) is 18.4 Å². The number of ether oxygens (including phenoxy) is 1. The molecule has 140 valence electrons. The Morgan fingerprint density at radius 1 is 1.15 bits per heavy atom. The second kappa shape index (κ2) is 7.36. The number of anilines is 1. The molecule has 0 bridgehead atoms. The summed E-state index contributed by atoms with van der Waals surface area (Å²) in [7, 11) is 1.33. The third kappa shape index (κ3) is 3.78. The topological polar surface area (TPSA) is 81.4 Å². The van der Waals surface area contributed by atoms with Crippen molar-refractivity contribution < 1.29 is 18.7 Å². The van der Waals surface area contributed by atoms with Crippen LogP contribution in [0, 0.1) is 27.7 Å². The summed E-state index contributed by atoms with van der Waals surface area (Å²) in [5.41, 5.74) is 3.30. The molecular weight excluding hydrogens is 364 g/mol. The van der Waals surface area contributed by atoms with Gasteiger partial charge in [-0.3, -0.25) is 4.79 Å². The molecule has 0 aliphatic heterocycles. The van der Waals surface area contributed by atoms with Gasteiger partial charge < -0.3 is 14.5 Å². The molecule has 3 rings (SSSR count). The Morgan fingerprint density at radius 3 is 2.52 bits per heavy atom. The lowest BCUT2D eigenvalue weighted by Gasteiger charge is -2.11. The number of carbonyl (C=O) groups is 2. The highest BCUT2D eigenvalue weighted by Gasteiger charge is 2.19. The van der Waals surface area contributed by atoms with Crippen molar-refractivity contribution in [2.45, 2.75) is 27.7 Å². The number of hydrogen-bond acceptors (Lipinski definition) is 6. The first-order chi connectivity index (χ1) is 12.8. The predicted octanol–water partition coefficient (Wildman–Crippen LogP) is 4.68. The zero-order valence-electron chi connectivity index (χ0n) is 15.8. The van der Waals surface area contributed by atoms with Crippen LogP contribution < -0.4 is 5.32 Å². The molecule has 1 aromatic carbocycles. The van der Waals surface area contributed by atoms with E-state index in [4.69, 9.17) is 9.15 Å². The maximum absolute atomic E-state index is 12.7. The summed E-state index contributed by atoms with van der Waals surface area (Å²) in [6, 6.07) is 7.14. The van der Waals surface area contributed by atoms with E-state index in [9.17, 15) is 9.59 Å². The van der Waals surface area contributed by atoms with Gasteiger partial charge in [0.2, 0.25) is 0 Å². The number of nitrogens with one attached hydrogen (secondary N) is 1. The number of amides is 1. The number of methoxy groups -OCH3 is 1. The first-order valence-corrected chi connectivity index (χ1v) is 9.17. The van der Waals surface area contributed by atoms with E-state index in [1.54, 1.807) is 13.0 Å². The fourth-order valence-corrected chi connectivity index (χ4v) is 3.63. The van der Waals surface area contributed by atoms with Crippen molar-refractivity contribution in [3.8, 4) is 10.8 Å². The SMILES string of the molecule is COC(=O)c1cc(NC(=O)c2sc(-c3ccc(C)o3)nc2C)cc(C)c1C. The maximum atomic E-state index is 12.7. The van der Waals surface area contributed by atoms with Crippen LogP contribution in [0.1, 0.15) is 42.6 Å². The first kappa shape index (κ1) is 18.8. The van der Waals surface area contributed by atoms with E-state index in [2.05, 4.69) is 10.3 Å². The van der Waals surface area contributed by atoms with Gasteiger partial charge in [-0.25, -0.2) is 9.78 Å². The molecule has 0 saturated carbocycles. The Bertz CT molecular complexity index is 1030. The van der Waals surface area contributed by atoms with Crippen molar-refractivity contribution >= 4 is 28.9 Å². The molecule has 27 heavy (non-hydrogen) atoms. The van der Waals surface area contributed by atoms with Crippen LogP contribution in [-0.2, 0) is 4.74 Å². The molecule has 2 aromatic heterocycles. The number of benzene rings is 1. The number of aromatic nitrogens is 1. The summed E-state index contributed by atoms with van der Waals surface area (Å²) >= 11 is 1.27. The van der Waals surface area contributed by atoms with E-state index in [0.717, 1.165) is 16.9 Å². The summed E-state index contributed by atoms with van der Waals surface area (Å²) < 4.78 is 10.4. The van der Waals surface area contributed by atoms with Crippen molar-refractivity contribution in [2.24, 2.45) is 0 Å². The van der Waals surface area contributed by atoms with Crippen molar-refractivity contribution in [3.05, 3.63) is 57.3 Å². The van der Waals surface area contributed by atoms with Crippen molar-refractivity contribution in [1.82, 2.24) is 4.98 Å². The molecule has 0 saturated heterocycles. The lowest BCUT2D eigenvalue weighted by atomic mass is 10.0. The van der Waals surface area contributed by atoms with Gasteiger partial charge in [-0.1, -0.05) is 0 Å². The minimum absolute atomic E-state index is 0.279. The van der Waals surface area contributed by atoms with Gasteiger partial charge in [0.1, 0.15) is 10.6 Å². The van der Waals surface area contributed by atoms with E-state index >= 15 is 0 Å². The quantitative estimate of drug-likeness (QED) is 0.661. The van der Waals surface area contributed by atoms with Gasteiger partial charge in [-0.2, -0.15) is 0 Å². The summed E-state index contributed by atoms with van der Waals surface area (Å²) in [6.07, 6.45) is 0. The number of nitrogens with zero attached hydrogens (tertiary/aromatic N) is 1. The Morgan fingerprint density at radius 2 is 1.89 bits per heavy atom. The highest BCUT2D eigenvalue weighted by Crippen LogP contribution is 2.30. The summed E-state index contributed by atoms with van der Waals surface area (Å²) in [5, 5.41) is 3.50. The van der Waals surface area contributed by atoms with Crippen LogP contribution in [0.25, 0.3) is 10.8 Å². The average molecular weight is 384 g/mol. The molecule has 2 heterocycles. The van der Waals surface area contributed by atoms with Crippen LogP contribution in [0.4, 0.5) is 5.69 Å². The van der Waals surface area contributed by atoms with Crippen LogP contribution in [0.5, 0.6) is 0 Å². The van der Waals surface area contributed by atoms with Crippen LogP contribution in [-0.4, -0.2) is 24.0 Å². The zero-order chi connectivity index (χ0) is 19.7. The van der Waals surface area contributed by atoms with Crippen molar-refractivity contribution in [2.75, 3.05) is 12.4 Å². The van der Waals surface area contributed by atoms with Crippen LogP contribution >= 0.6 is 11.3 Å². The van der Waals surface area contributed by atoms with Gasteiger partial charge in [0.25, 0.3) is 5.91 Å². The predicted molar refractivity (Wildman–Crippen MR) is 104 cm³/mol. The Balaban J connectivity index is 1.89. The van der Waals surface area contributed by atoms with Gasteiger partial charge in [0, 0.05) is 5.69 Å². The minimum atomic E-state index is -0.434. The largest absolute Gasteiger partial charge is 0.465 e. The normalized spacial score (nSPS) is 10.7. The molecule has 1 N–H and O–H groups in total. The molecule has 0 spiro atoms. The third-order valence-electron chi connectivity index (χ3n) is 4.28. The molecule has 1 amide bonds. The first-order valence-electron chi connectivity index (χ1n) is 8.35. The molecule has 0 atom stereocenters. The molecule has 0 fully saturated rings. The van der Waals surface area contributed by atoms with E-state index in [0.29, 0.717) is 32.6 Å². The lowest BCUT2D eigenvalue weighted by molar-refractivity contribution is 0.0599. The Kier molecular flexibility index (Phi) is 5.14. The van der Waals surface area contributed by atoms with Crippen molar-refractivity contribution in [3.63, 3.8) is 0 Å². The third-order valence-corrected chi connectivity index (χ3v) is 5.46. The number of carbonyl (C=O) groups excluding carboxylic acids is 2. The monoisotopic (exact) mass is 384 g/mol. The van der Waals surface area contributed by atoms with Gasteiger partial charge >= 0.3 is 5.97 Å². The van der Waals surface area contributed by atoms with Crippen LogP contribution in [0.3, 0.4) is 0 Å². The highest BCUT2D eigenvalue weighted by atomic mass is 32.1. The fourth-order valence-electron chi connectivity index (χ4n) is 2.70. The molecule has 6 nitrogen and oxygen atoms in total. The number of hydrogen-bond donors (Lipinski definition) is 1. The number of aryl methyl sites for hydroxylation is 3. The highest BCUT2D eigenvalue weighted by molar-refractivity contribution is 7.17. The van der Waals surface area contributed by atoms with Crippen LogP contribution in [0.2, 0.25) is 0 Å². The van der Waals surface area contributed by atoms with Gasteiger partial charge in [-0.05, 0) is 63.1 Å². The van der Waals surface area contributed by atoms with E-state index in [-0.39, 0.29) is 5.91 Å². The van der Waals surface area contributed by atoms with E-state index < -0.39 is 5.97 Å². The number of thiazole rings is 1. The van der Waals surface area contributed by atoms with Gasteiger partial charge in [-0.15, -0.1) is 11.3 Å². The number of furan rings is 1. The smallest absolute Gasteiger partial charge is 0.338 e. The molecule has 0 aliphatic rings. The molecule has 0 unspecified atom stereocenters. The number of esters is 1. The fraction of sp³-hybridized carbons (Fsp3) is 0.250. The second-order valence-electron chi connectivity index (χ2n) is 6.26. The molecular formula is C20H20N2O4S. The molecule has 0 aliphatic carbocycles. The Labute approximate surface area is 161 Å². The van der Waals surface area contributed by atoms with E-state index in [1.807, 2.05) is 39.0 Å².